The van der Waals surface area contributed by atoms with Gasteiger partial charge in [-0.15, -0.1) is 0 Å². The van der Waals surface area contributed by atoms with Crippen LogP contribution in [0, 0.1) is 32.1 Å². The summed E-state index contributed by atoms with van der Waals surface area (Å²) in [6.45, 7) is 6.23. The standard InChI is InChI=1S/C17H17N/c1-12-5-4-6-15(9-12)17(11-18)16-8-7-13(2)14(3)10-16/h4-10,17H,1-3H3. The summed E-state index contributed by atoms with van der Waals surface area (Å²) in [6, 6.07) is 16.8. The first-order valence-corrected chi connectivity index (χ1v) is 6.15. The van der Waals surface area contributed by atoms with E-state index in [0.29, 0.717) is 0 Å². The molecule has 1 heteroatoms. The maximum Gasteiger partial charge on any atom is 0.0962 e. The Kier molecular flexibility index (Phi) is 3.48. The molecule has 2 aromatic carbocycles. The molecular formula is C17H17N. The highest BCUT2D eigenvalue weighted by atomic mass is 14.3. The van der Waals surface area contributed by atoms with E-state index in [2.05, 4.69) is 57.2 Å². The fourth-order valence-electron chi connectivity index (χ4n) is 2.14. The minimum absolute atomic E-state index is 0.177. The molecule has 18 heavy (non-hydrogen) atoms. The van der Waals surface area contributed by atoms with E-state index in [1.165, 1.54) is 16.7 Å². The molecule has 0 aliphatic carbocycles. The lowest BCUT2D eigenvalue weighted by molar-refractivity contribution is 1.03. The van der Waals surface area contributed by atoms with Crippen LogP contribution in [0.4, 0.5) is 0 Å². The molecule has 0 fully saturated rings. The fraction of sp³-hybridized carbons (Fsp3) is 0.235. The predicted octanol–water partition coefficient (Wildman–Crippen LogP) is 4.27. The number of nitrogens with zero attached hydrogens (tertiary/aromatic N) is 1. The Morgan fingerprint density at radius 3 is 2.22 bits per heavy atom. The van der Waals surface area contributed by atoms with Crippen molar-refractivity contribution >= 4 is 0 Å². The number of hydrogen-bond donors (Lipinski definition) is 0. The Morgan fingerprint density at radius 1 is 0.889 bits per heavy atom. The quantitative estimate of drug-likeness (QED) is 0.762. The van der Waals surface area contributed by atoms with Crippen LogP contribution >= 0.6 is 0 Å². The van der Waals surface area contributed by atoms with Crippen molar-refractivity contribution in [2.75, 3.05) is 0 Å². The third-order valence-electron chi connectivity index (χ3n) is 3.37. The lowest BCUT2D eigenvalue weighted by atomic mass is 9.90. The van der Waals surface area contributed by atoms with Gasteiger partial charge in [-0.05, 0) is 43.0 Å². The number of benzene rings is 2. The zero-order valence-corrected chi connectivity index (χ0v) is 11.1. The van der Waals surface area contributed by atoms with Gasteiger partial charge in [-0.1, -0.05) is 48.0 Å². The van der Waals surface area contributed by atoms with Crippen molar-refractivity contribution in [1.29, 1.82) is 5.26 Å². The Bertz CT molecular complexity index is 605. The van der Waals surface area contributed by atoms with Gasteiger partial charge in [0.05, 0.1) is 12.0 Å². The average molecular weight is 235 g/mol. The highest BCUT2D eigenvalue weighted by Gasteiger charge is 2.13. The van der Waals surface area contributed by atoms with Crippen LogP contribution in [0.25, 0.3) is 0 Å². The molecule has 2 rings (SSSR count). The first-order chi connectivity index (χ1) is 8.61. The Labute approximate surface area is 109 Å². The minimum Gasteiger partial charge on any atom is -0.197 e. The van der Waals surface area contributed by atoms with Crippen molar-refractivity contribution in [3.63, 3.8) is 0 Å². The first-order valence-electron chi connectivity index (χ1n) is 6.15. The molecule has 1 nitrogen and oxygen atoms in total. The van der Waals surface area contributed by atoms with Crippen LogP contribution in [-0.4, -0.2) is 0 Å². The lowest BCUT2D eigenvalue weighted by Crippen LogP contribution is -1.99. The van der Waals surface area contributed by atoms with E-state index in [1.807, 2.05) is 12.1 Å². The van der Waals surface area contributed by atoms with Gasteiger partial charge >= 0.3 is 0 Å². The monoisotopic (exact) mass is 235 g/mol. The molecule has 0 heterocycles. The van der Waals surface area contributed by atoms with Crippen molar-refractivity contribution in [2.45, 2.75) is 26.7 Å². The molecule has 1 unspecified atom stereocenters. The molecule has 0 spiro atoms. The number of nitriles is 1. The molecule has 2 aromatic rings. The summed E-state index contributed by atoms with van der Waals surface area (Å²) >= 11 is 0. The summed E-state index contributed by atoms with van der Waals surface area (Å²) in [5.41, 5.74) is 5.84. The van der Waals surface area contributed by atoms with E-state index < -0.39 is 0 Å². The van der Waals surface area contributed by atoms with Crippen LogP contribution in [-0.2, 0) is 0 Å². The average Bonchev–Trinajstić information content (AvgIpc) is 2.35. The summed E-state index contributed by atoms with van der Waals surface area (Å²) in [5, 5.41) is 9.43. The van der Waals surface area contributed by atoms with Gasteiger partial charge in [-0.3, -0.25) is 0 Å². The molecule has 1 atom stereocenters. The van der Waals surface area contributed by atoms with Gasteiger partial charge in [0, 0.05) is 0 Å². The molecule has 0 N–H and O–H groups in total. The second kappa shape index (κ2) is 5.06. The third kappa shape index (κ3) is 2.43. The van der Waals surface area contributed by atoms with Crippen molar-refractivity contribution in [3.05, 3.63) is 70.3 Å². The zero-order valence-electron chi connectivity index (χ0n) is 11.1. The van der Waals surface area contributed by atoms with E-state index in [4.69, 9.17) is 0 Å². The Balaban J connectivity index is 2.46. The maximum atomic E-state index is 9.43. The smallest absolute Gasteiger partial charge is 0.0962 e. The van der Waals surface area contributed by atoms with Gasteiger partial charge in [0.25, 0.3) is 0 Å². The maximum absolute atomic E-state index is 9.43. The van der Waals surface area contributed by atoms with E-state index in [9.17, 15) is 5.26 Å². The number of hydrogen-bond acceptors (Lipinski definition) is 1. The molecule has 0 radical (unpaired) electrons. The van der Waals surface area contributed by atoms with Crippen LogP contribution < -0.4 is 0 Å². The molecule has 0 saturated carbocycles. The Morgan fingerprint density at radius 2 is 1.61 bits per heavy atom. The molecule has 0 aromatic heterocycles. The molecular weight excluding hydrogens is 218 g/mol. The van der Waals surface area contributed by atoms with Crippen LogP contribution in [0.15, 0.2) is 42.5 Å². The first kappa shape index (κ1) is 12.4. The molecule has 0 aliphatic heterocycles. The van der Waals surface area contributed by atoms with Crippen LogP contribution in [0.5, 0.6) is 0 Å². The third-order valence-corrected chi connectivity index (χ3v) is 3.37. The van der Waals surface area contributed by atoms with Gasteiger partial charge in [0.1, 0.15) is 0 Å². The largest absolute Gasteiger partial charge is 0.197 e. The van der Waals surface area contributed by atoms with Crippen molar-refractivity contribution in [1.82, 2.24) is 0 Å². The zero-order chi connectivity index (χ0) is 13.1. The number of rotatable bonds is 2. The van der Waals surface area contributed by atoms with Crippen LogP contribution in [0.3, 0.4) is 0 Å². The summed E-state index contributed by atoms with van der Waals surface area (Å²) < 4.78 is 0. The van der Waals surface area contributed by atoms with Gasteiger partial charge in [0.15, 0.2) is 0 Å². The second-order valence-corrected chi connectivity index (χ2v) is 4.82. The summed E-state index contributed by atoms with van der Waals surface area (Å²) in [4.78, 5) is 0. The van der Waals surface area contributed by atoms with Crippen molar-refractivity contribution in [2.24, 2.45) is 0 Å². The number of aryl methyl sites for hydroxylation is 3. The Hall–Kier alpha value is -2.07. The molecule has 0 aliphatic rings. The summed E-state index contributed by atoms with van der Waals surface area (Å²) in [7, 11) is 0. The fourth-order valence-corrected chi connectivity index (χ4v) is 2.14. The van der Waals surface area contributed by atoms with Gasteiger partial charge in [-0.25, -0.2) is 0 Å². The predicted molar refractivity (Wildman–Crippen MR) is 74.6 cm³/mol. The van der Waals surface area contributed by atoms with Crippen molar-refractivity contribution < 1.29 is 0 Å². The van der Waals surface area contributed by atoms with Gasteiger partial charge in [0.2, 0.25) is 0 Å². The SMILES string of the molecule is Cc1cccc(C(C#N)c2ccc(C)c(C)c2)c1. The van der Waals surface area contributed by atoms with Crippen molar-refractivity contribution in [3.8, 4) is 6.07 Å². The molecule has 0 amide bonds. The molecule has 90 valence electrons. The van der Waals surface area contributed by atoms with E-state index >= 15 is 0 Å². The molecule has 0 bridgehead atoms. The van der Waals surface area contributed by atoms with E-state index in [0.717, 1.165) is 11.1 Å². The van der Waals surface area contributed by atoms with E-state index in [-0.39, 0.29) is 5.92 Å². The summed E-state index contributed by atoms with van der Waals surface area (Å²) in [6.07, 6.45) is 0. The topological polar surface area (TPSA) is 23.8 Å². The summed E-state index contributed by atoms with van der Waals surface area (Å²) in [5.74, 6) is -0.177. The minimum atomic E-state index is -0.177. The van der Waals surface area contributed by atoms with Crippen LogP contribution in [0.1, 0.15) is 33.7 Å². The molecule has 0 saturated heterocycles. The lowest BCUT2D eigenvalue weighted by Gasteiger charge is -2.12. The van der Waals surface area contributed by atoms with Crippen LogP contribution in [0.2, 0.25) is 0 Å². The highest BCUT2D eigenvalue weighted by Crippen LogP contribution is 2.26. The van der Waals surface area contributed by atoms with Gasteiger partial charge in [-0.2, -0.15) is 5.26 Å². The second-order valence-electron chi connectivity index (χ2n) is 4.82. The van der Waals surface area contributed by atoms with Gasteiger partial charge < -0.3 is 0 Å². The highest BCUT2D eigenvalue weighted by molar-refractivity contribution is 5.42. The van der Waals surface area contributed by atoms with E-state index in [1.54, 1.807) is 0 Å². The normalized spacial score (nSPS) is 11.9.